The molecule has 5 aromatic carbocycles. The molecule has 40 heavy (non-hydrogen) atoms. The van der Waals surface area contributed by atoms with Crippen molar-refractivity contribution in [3.63, 3.8) is 0 Å². The number of rotatable bonds is 3. The summed E-state index contributed by atoms with van der Waals surface area (Å²) in [5.74, 6) is -0.473. The standard InChI is InChI=1S/C35H20N2O2S/c38-32-28-17-22-10-4-5-11-23(22)18-29(28)33(39)30(32)19-25-20-31-34(37(25)24-13-2-1-3-14-24)36-35(40-31)27-16-8-12-21-9-6-7-15-26(21)27/h1-20H. The summed E-state index contributed by atoms with van der Waals surface area (Å²) in [6.45, 7) is 0. The lowest BCUT2D eigenvalue weighted by Gasteiger charge is -2.08. The summed E-state index contributed by atoms with van der Waals surface area (Å²) in [6, 6.07) is 38.0. The molecule has 2 aromatic heterocycles. The third-order valence-electron chi connectivity index (χ3n) is 7.57. The van der Waals surface area contributed by atoms with Gasteiger partial charge in [0.1, 0.15) is 5.01 Å². The fourth-order valence-electron chi connectivity index (χ4n) is 5.67. The zero-order chi connectivity index (χ0) is 26.8. The van der Waals surface area contributed by atoms with E-state index in [1.54, 1.807) is 17.4 Å². The number of para-hydroxylation sites is 1. The Balaban J connectivity index is 1.31. The molecule has 0 fully saturated rings. The SMILES string of the molecule is O=C1C(=Cc2cc3sc(-c4cccc5ccccc45)nc3n2-c2ccccc2)C(=O)c2cc3ccccc3cc21. The number of thiazole rings is 1. The first-order chi connectivity index (χ1) is 19.7. The van der Waals surface area contributed by atoms with Gasteiger partial charge in [-0.3, -0.25) is 14.2 Å². The van der Waals surface area contributed by atoms with Gasteiger partial charge in [0.2, 0.25) is 0 Å². The summed E-state index contributed by atoms with van der Waals surface area (Å²) in [5, 5.41) is 5.14. The van der Waals surface area contributed by atoms with Gasteiger partial charge >= 0.3 is 0 Å². The lowest BCUT2D eigenvalue weighted by molar-refractivity contribution is 0.0990. The Kier molecular flexibility index (Phi) is 4.96. The highest BCUT2D eigenvalue weighted by Gasteiger charge is 2.34. The van der Waals surface area contributed by atoms with Crippen molar-refractivity contribution < 1.29 is 9.59 Å². The molecule has 7 aromatic rings. The molecular formula is C35H20N2O2S. The number of hydrogen-bond acceptors (Lipinski definition) is 4. The highest BCUT2D eigenvalue weighted by atomic mass is 32.1. The van der Waals surface area contributed by atoms with Crippen LogP contribution < -0.4 is 0 Å². The molecule has 4 nitrogen and oxygen atoms in total. The predicted octanol–water partition coefficient (Wildman–Crippen LogP) is 8.52. The van der Waals surface area contributed by atoms with Gasteiger partial charge < -0.3 is 0 Å². The topological polar surface area (TPSA) is 52.0 Å². The maximum absolute atomic E-state index is 13.5. The number of hydrogen-bond donors (Lipinski definition) is 0. The first-order valence-corrected chi connectivity index (χ1v) is 13.9. The van der Waals surface area contributed by atoms with E-state index in [2.05, 4.69) is 30.3 Å². The molecule has 0 atom stereocenters. The van der Waals surface area contributed by atoms with E-state index >= 15 is 0 Å². The van der Waals surface area contributed by atoms with Crippen LogP contribution in [0.3, 0.4) is 0 Å². The summed E-state index contributed by atoms with van der Waals surface area (Å²) in [7, 11) is 0. The molecule has 0 N–H and O–H groups in total. The van der Waals surface area contributed by atoms with Crippen molar-refractivity contribution in [2.24, 2.45) is 0 Å². The summed E-state index contributed by atoms with van der Waals surface area (Å²) in [5.41, 5.74) is 4.66. The maximum Gasteiger partial charge on any atom is 0.197 e. The van der Waals surface area contributed by atoms with Crippen LogP contribution in [-0.4, -0.2) is 21.1 Å². The molecule has 5 heteroatoms. The Morgan fingerprint density at radius 2 is 1.25 bits per heavy atom. The molecule has 0 amide bonds. The fraction of sp³-hybridized carbons (Fsp3) is 0. The monoisotopic (exact) mass is 532 g/mol. The van der Waals surface area contributed by atoms with Gasteiger partial charge in [-0.25, -0.2) is 4.98 Å². The number of carbonyl (C=O) groups is 2. The second kappa shape index (κ2) is 8.70. The third-order valence-corrected chi connectivity index (χ3v) is 8.60. The Hall–Kier alpha value is -5.13. The minimum atomic E-state index is -0.237. The number of fused-ring (bicyclic) bond motifs is 4. The normalized spacial score (nSPS) is 13.1. The van der Waals surface area contributed by atoms with E-state index in [1.165, 1.54) is 5.39 Å². The molecule has 1 aliphatic rings. The summed E-state index contributed by atoms with van der Waals surface area (Å²) >= 11 is 1.61. The van der Waals surface area contributed by atoms with E-state index in [9.17, 15) is 9.59 Å². The van der Waals surface area contributed by atoms with Gasteiger partial charge in [-0.1, -0.05) is 84.9 Å². The van der Waals surface area contributed by atoms with E-state index < -0.39 is 0 Å². The van der Waals surface area contributed by atoms with Gasteiger partial charge in [0.15, 0.2) is 17.2 Å². The largest absolute Gasteiger partial charge is 0.294 e. The third kappa shape index (κ3) is 3.42. The van der Waals surface area contributed by atoms with Crippen LogP contribution in [0.2, 0.25) is 0 Å². The van der Waals surface area contributed by atoms with Gasteiger partial charge in [-0.15, -0.1) is 11.3 Å². The maximum atomic E-state index is 13.5. The Morgan fingerprint density at radius 3 is 1.98 bits per heavy atom. The van der Waals surface area contributed by atoms with Crippen LogP contribution >= 0.6 is 11.3 Å². The Morgan fingerprint density at radius 1 is 0.625 bits per heavy atom. The molecule has 0 unspecified atom stereocenters. The van der Waals surface area contributed by atoms with Gasteiger partial charge in [0.25, 0.3) is 0 Å². The lowest BCUT2D eigenvalue weighted by Crippen LogP contribution is -2.03. The van der Waals surface area contributed by atoms with Crippen molar-refractivity contribution in [2.45, 2.75) is 0 Å². The number of Topliss-reactive ketones (excluding diaryl/α,β-unsaturated/α-hetero) is 2. The van der Waals surface area contributed by atoms with E-state index in [1.807, 2.05) is 89.5 Å². The van der Waals surface area contributed by atoms with Crippen LogP contribution in [-0.2, 0) is 0 Å². The number of benzene rings is 5. The zero-order valence-electron chi connectivity index (χ0n) is 21.2. The second-order valence-electron chi connectivity index (χ2n) is 9.93. The number of allylic oxidation sites excluding steroid dienone is 1. The number of ketones is 2. The van der Waals surface area contributed by atoms with Crippen molar-refractivity contribution in [3.05, 3.63) is 138 Å². The molecule has 188 valence electrons. The highest BCUT2D eigenvalue weighted by molar-refractivity contribution is 7.21. The molecule has 0 bridgehead atoms. The Labute approximate surface area is 233 Å². The van der Waals surface area contributed by atoms with Crippen LogP contribution in [0, 0.1) is 0 Å². The average molecular weight is 533 g/mol. The molecule has 0 saturated heterocycles. The molecule has 8 rings (SSSR count). The van der Waals surface area contributed by atoms with Crippen molar-refractivity contribution in [3.8, 4) is 16.3 Å². The fourth-order valence-corrected chi connectivity index (χ4v) is 6.71. The number of nitrogens with zero attached hydrogens (tertiary/aromatic N) is 2. The van der Waals surface area contributed by atoms with Gasteiger partial charge in [-0.2, -0.15) is 0 Å². The number of carbonyl (C=O) groups excluding carboxylic acids is 2. The van der Waals surface area contributed by atoms with Crippen molar-refractivity contribution in [2.75, 3.05) is 0 Å². The molecule has 1 aliphatic carbocycles. The van der Waals surface area contributed by atoms with Crippen LogP contribution in [0.25, 0.3) is 54.2 Å². The van der Waals surface area contributed by atoms with E-state index in [0.29, 0.717) is 11.1 Å². The lowest BCUT2D eigenvalue weighted by atomic mass is 10.0. The smallest absolute Gasteiger partial charge is 0.197 e. The first-order valence-electron chi connectivity index (χ1n) is 13.1. The molecule has 0 aliphatic heterocycles. The van der Waals surface area contributed by atoms with Crippen LogP contribution in [0.15, 0.2) is 121 Å². The molecule has 0 radical (unpaired) electrons. The van der Waals surface area contributed by atoms with E-state index in [0.717, 1.165) is 48.5 Å². The highest BCUT2D eigenvalue weighted by Crippen LogP contribution is 2.38. The molecule has 0 saturated carbocycles. The van der Waals surface area contributed by atoms with Crippen LogP contribution in [0.5, 0.6) is 0 Å². The van der Waals surface area contributed by atoms with Gasteiger partial charge in [0, 0.05) is 22.4 Å². The molecule has 0 spiro atoms. The molecule has 2 heterocycles. The summed E-state index contributed by atoms with van der Waals surface area (Å²) in [6.07, 6.45) is 1.73. The van der Waals surface area contributed by atoms with Crippen molar-refractivity contribution >= 4 is 60.9 Å². The summed E-state index contributed by atoms with van der Waals surface area (Å²) in [4.78, 5) is 32.1. The van der Waals surface area contributed by atoms with E-state index in [4.69, 9.17) is 4.98 Å². The predicted molar refractivity (Wildman–Crippen MR) is 162 cm³/mol. The first kappa shape index (κ1) is 22.8. The van der Waals surface area contributed by atoms with Gasteiger partial charge in [0.05, 0.1) is 16.0 Å². The minimum Gasteiger partial charge on any atom is -0.294 e. The Bertz CT molecular complexity index is 2140. The quantitative estimate of drug-likeness (QED) is 0.169. The zero-order valence-corrected chi connectivity index (χ0v) is 22.0. The average Bonchev–Trinajstić information content (AvgIpc) is 3.62. The van der Waals surface area contributed by atoms with Gasteiger partial charge in [-0.05, 0) is 58.0 Å². The number of aromatic nitrogens is 2. The molecular weight excluding hydrogens is 512 g/mol. The minimum absolute atomic E-state index is 0.182. The van der Waals surface area contributed by atoms with Crippen molar-refractivity contribution in [1.29, 1.82) is 0 Å². The van der Waals surface area contributed by atoms with Crippen LogP contribution in [0.1, 0.15) is 26.4 Å². The van der Waals surface area contributed by atoms with E-state index in [-0.39, 0.29) is 17.1 Å². The second-order valence-corrected chi connectivity index (χ2v) is 11.0. The van der Waals surface area contributed by atoms with Crippen molar-refractivity contribution in [1.82, 2.24) is 9.55 Å². The summed E-state index contributed by atoms with van der Waals surface area (Å²) < 4.78 is 3.02. The van der Waals surface area contributed by atoms with Crippen LogP contribution in [0.4, 0.5) is 0 Å².